The van der Waals surface area contributed by atoms with E-state index in [-0.39, 0.29) is 12.1 Å². The molecular formula is C14H21O5P. The average molecular weight is 300 g/mol. The highest BCUT2D eigenvalue weighted by Crippen LogP contribution is 2.35. The number of aryl methyl sites for hydroxylation is 1. The van der Waals surface area contributed by atoms with E-state index in [1.807, 2.05) is 12.1 Å². The van der Waals surface area contributed by atoms with Gasteiger partial charge in [-0.05, 0) is 37.0 Å². The van der Waals surface area contributed by atoms with Crippen LogP contribution in [0.3, 0.4) is 0 Å². The molecule has 0 unspecified atom stereocenters. The van der Waals surface area contributed by atoms with Gasteiger partial charge < -0.3 is 14.5 Å². The van der Waals surface area contributed by atoms with Crippen LogP contribution < -0.4 is 4.74 Å². The molecule has 6 heteroatoms. The summed E-state index contributed by atoms with van der Waals surface area (Å²) in [6, 6.07) is 7.39. The van der Waals surface area contributed by atoms with Gasteiger partial charge in [0.1, 0.15) is 5.75 Å². The van der Waals surface area contributed by atoms with Crippen molar-refractivity contribution in [2.24, 2.45) is 0 Å². The summed E-state index contributed by atoms with van der Waals surface area (Å²) in [5.41, 5.74) is 1.16. The minimum Gasteiger partial charge on any atom is -0.427 e. The van der Waals surface area contributed by atoms with Gasteiger partial charge in [-0.2, -0.15) is 0 Å². The van der Waals surface area contributed by atoms with Gasteiger partial charge >= 0.3 is 13.6 Å². The Hall–Kier alpha value is -1.16. The van der Waals surface area contributed by atoms with Crippen LogP contribution in [0.4, 0.5) is 0 Å². The van der Waals surface area contributed by atoms with Gasteiger partial charge in [0.2, 0.25) is 0 Å². The Morgan fingerprint density at radius 3 is 2.25 bits per heavy atom. The van der Waals surface area contributed by atoms with Crippen LogP contribution in [0.15, 0.2) is 24.3 Å². The van der Waals surface area contributed by atoms with Crippen LogP contribution in [0.2, 0.25) is 0 Å². The molecule has 0 amide bonds. The third-order valence-electron chi connectivity index (χ3n) is 2.85. The Balaban J connectivity index is 2.19. The molecule has 0 aliphatic heterocycles. The van der Waals surface area contributed by atoms with Crippen LogP contribution in [0.5, 0.6) is 5.75 Å². The predicted octanol–water partition coefficient (Wildman–Crippen LogP) is 2.89. The van der Waals surface area contributed by atoms with E-state index in [1.54, 1.807) is 12.1 Å². The molecule has 0 saturated heterocycles. The predicted molar refractivity (Wildman–Crippen MR) is 76.8 cm³/mol. The Bertz CT molecular complexity index is 463. The summed E-state index contributed by atoms with van der Waals surface area (Å²) in [6.07, 6.45) is 4.21. The maximum Gasteiger partial charge on any atom is 0.325 e. The zero-order valence-electron chi connectivity index (χ0n) is 11.6. The number of hydrogen-bond donors (Lipinski definition) is 2. The number of esters is 1. The molecule has 2 N–H and O–H groups in total. The summed E-state index contributed by atoms with van der Waals surface area (Å²) in [6.45, 7) is 1.37. The van der Waals surface area contributed by atoms with Crippen molar-refractivity contribution in [2.75, 3.05) is 6.16 Å². The molecule has 20 heavy (non-hydrogen) atoms. The van der Waals surface area contributed by atoms with Crippen LogP contribution in [0, 0.1) is 0 Å². The SMILES string of the molecule is CC(=O)Oc1ccc(CCCCCCP(=O)(O)O)cc1. The molecule has 5 nitrogen and oxygen atoms in total. The molecule has 0 bridgehead atoms. The van der Waals surface area contributed by atoms with Crippen molar-refractivity contribution < 1.29 is 23.9 Å². The highest BCUT2D eigenvalue weighted by molar-refractivity contribution is 7.51. The average Bonchev–Trinajstić information content (AvgIpc) is 2.33. The summed E-state index contributed by atoms with van der Waals surface area (Å²) < 4.78 is 15.6. The number of carbonyl (C=O) groups excluding carboxylic acids is 1. The molecule has 0 fully saturated rings. The Kier molecular flexibility index (Phi) is 6.93. The topological polar surface area (TPSA) is 83.8 Å². The first kappa shape index (κ1) is 16.9. The van der Waals surface area contributed by atoms with Crippen molar-refractivity contribution in [1.82, 2.24) is 0 Å². The number of rotatable bonds is 8. The van der Waals surface area contributed by atoms with Crippen molar-refractivity contribution in [1.29, 1.82) is 0 Å². The number of hydrogen-bond acceptors (Lipinski definition) is 3. The molecule has 1 aromatic carbocycles. The smallest absolute Gasteiger partial charge is 0.325 e. The first-order valence-electron chi connectivity index (χ1n) is 6.69. The van der Waals surface area contributed by atoms with Crippen molar-refractivity contribution in [3.8, 4) is 5.75 Å². The van der Waals surface area contributed by atoms with E-state index in [0.717, 1.165) is 31.2 Å². The third-order valence-corrected chi connectivity index (χ3v) is 3.75. The molecule has 112 valence electrons. The largest absolute Gasteiger partial charge is 0.427 e. The Morgan fingerprint density at radius 2 is 1.70 bits per heavy atom. The highest BCUT2D eigenvalue weighted by atomic mass is 31.2. The van der Waals surface area contributed by atoms with Gasteiger partial charge in [0.05, 0.1) is 0 Å². The van der Waals surface area contributed by atoms with Gasteiger partial charge in [0, 0.05) is 13.1 Å². The van der Waals surface area contributed by atoms with Crippen molar-refractivity contribution in [3.63, 3.8) is 0 Å². The minimum atomic E-state index is -3.83. The van der Waals surface area contributed by atoms with Crippen molar-refractivity contribution in [2.45, 2.75) is 39.0 Å². The van der Waals surface area contributed by atoms with Gasteiger partial charge in [0.15, 0.2) is 0 Å². The molecule has 0 spiro atoms. The third kappa shape index (κ3) is 8.10. The van der Waals surface area contributed by atoms with E-state index in [9.17, 15) is 9.36 Å². The molecule has 0 radical (unpaired) electrons. The molecule has 0 atom stereocenters. The van der Waals surface area contributed by atoms with E-state index >= 15 is 0 Å². The van der Waals surface area contributed by atoms with E-state index in [0.29, 0.717) is 12.2 Å². The molecule has 0 aliphatic carbocycles. The summed E-state index contributed by atoms with van der Waals surface area (Å²) >= 11 is 0. The first-order chi connectivity index (χ1) is 9.37. The van der Waals surface area contributed by atoms with Crippen LogP contribution in [-0.4, -0.2) is 21.9 Å². The number of benzene rings is 1. The molecule has 0 heterocycles. The van der Waals surface area contributed by atoms with Crippen LogP contribution in [0.1, 0.15) is 38.2 Å². The zero-order valence-corrected chi connectivity index (χ0v) is 12.5. The molecule has 0 aromatic heterocycles. The standard InChI is InChI=1S/C14H21O5P/c1-12(15)19-14-9-7-13(8-10-14)6-4-2-3-5-11-20(16,17)18/h7-10H,2-6,11H2,1H3,(H2,16,17,18). The highest BCUT2D eigenvalue weighted by Gasteiger charge is 2.10. The second kappa shape index (κ2) is 8.20. The fourth-order valence-corrected chi connectivity index (χ4v) is 2.53. The van der Waals surface area contributed by atoms with Gasteiger partial charge in [-0.1, -0.05) is 25.0 Å². The lowest BCUT2D eigenvalue weighted by Gasteiger charge is -2.05. The van der Waals surface area contributed by atoms with Gasteiger partial charge in [-0.25, -0.2) is 0 Å². The summed E-state index contributed by atoms with van der Waals surface area (Å²) in [4.78, 5) is 28.2. The fraction of sp³-hybridized carbons (Fsp3) is 0.500. The second-order valence-electron chi connectivity index (χ2n) is 4.79. The van der Waals surface area contributed by atoms with Crippen molar-refractivity contribution in [3.05, 3.63) is 29.8 Å². The summed E-state index contributed by atoms with van der Waals surface area (Å²) in [5.74, 6) is 0.214. The quantitative estimate of drug-likeness (QED) is 0.334. The number of carbonyl (C=O) groups is 1. The maximum absolute atomic E-state index is 10.8. The maximum atomic E-state index is 10.8. The lowest BCUT2D eigenvalue weighted by atomic mass is 10.1. The first-order valence-corrected chi connectivity index (χ1v) is 8.48. The monoisotopic (exact) mass is 300 g/mol. The van der Waals surface area contributed by atoms with E-state index in [1.165, 1.54) is 6.92 Å². The summed E-state index contributed by atoms with van der Waals surface area (Å²) in [7, 11) is -3.83. The lowest BCUT2D eigenvalue weighted by molar-refractivity contribution is -0.131. The molecule has 0 aliphatic rings. The second-order valence-corrected chi connectivity index (χ2v) is 6.57. The number of unbranched alkanes of at least 4 members (excludes halogenated alkanes) is 3. The van der Waals surface area contributed by atoms with Gasteiger partial charge in [0.25, 0.3) is 0 Å². The van der Waals surface area contributed by atoms with Crippen molar-refractivity contribution >= 4 is 13.6 Å². The van der Waals surface area contributed by atoms with E-state index in [2.05, 4.69) is 0 Å². The molecule has 1 rings (SSSR count). The summed E-state index contributed by atoms with van der Waals surface area (Å²) in [5, 5.41) is 0. The van der Waals surface area contributed by atoms with Gasteiger partial charge in [-0.15, -0.1) is 0 Å². The van der Waals surface area contributed by atoms with Crippen LogP contribution in [0.25, 0.3) is 0 Å². The zero-order chi connectivity index (χ0) is 15.0. The van der Waals surface area contributed by atoms with E-state index < -0.39 is 7.60 Å². The van der Waals surface area contributed by atoms with Gasteiger partial charge in [-0.3, -0.25) is 9.36 Å². The van der Waals surface area contributed by atoms with Crippen LogP contribution >= 0.6 is 7.60 Å². The van der Waals surface area contributed by atoms with Crippen LogP contribution in [-0.2, 0) is 15.8 Å². The molecular weight excluding hydrogens is 279 g/mol. The minimum absolute atomic E-state index is 0.0237. The molecule has 1 aromatic rings. The fourth-order valence-electron chi connectivity index (χ4n) is 1.89. The Labute approximate surface area is 119 Å². The van der Waals surface area contributed by atoms with E-state index in [4.69, 9.17) is 14.5 Å². The Morgan fingerprint density at radius 1 is 1.10 bits per heavy atom. The number of ether oxygens (including phenoxy) is 1. The lowest BCUT2D eigenvalue weighted by Crippen LogP contribution is -2.01. The normalized spacial score (nSPS) is 11.3. The molecule has 0 saturated carbocycles.